The van der Waals surface area contributed by atoms with Crippen LogP contribution in [0.25, 0.3) is 0 Å². The molecule has 0 bridgehead atoms. The molecule has 0 radical (unpaired) electrons. The summed E-state index contributed by atoms with van der Waals surface area (Å²) in [5.74, 6) is 4.18. The van der Waals surface area contributed by atoms with Crippen LogP contribution in [0.4, 0.5) is 0 Å². The minimum absolute atomic E-state index is 0.407. The van der Waals surface area contributed by atoms with E-state index in [1.54, 1.807) is 0 Å². The summed E-state index contributed by atoms with van der Waals surface area (Å²) in [5.41, 5.74) is 5.26. The molecule has 0 amide bonds. The highest BCUT2D eigenvalue weighted by molar-refractivity contribution is 5.47. The van der Waals surface area contributed by atoms with Gasteiger partial charge < -0.3 is 9.64 Å². The van der Waals surface area contributed by atoms with Crippen LogP contribution in [0.1, 0.15) is 72.7 Å². The molecule has 2 aromatic rings. The van der Waals surface area contributed by atoms with Gasteiger partial charge in [0.25, 0.3) is 0 Å². The SMILES string of the molecule is C#Cc1ccc([C@@H]2CN3CCC[C@H]3c3cc(OCCCN4CCCCC4)ccc32)cc1. The van der Waals surface area contributed by atoms with Crippen molar-refractivity contribution in [2.24, 2.45) is 0 Å². The molecule has 0 aliphatic carbocycles. The quantitative estimate of drug-likeness (QED) is 0.477. The first-order valence-electron chi connectivity index (χ1n) is 12.1. The van der Waals surface area contributed by atoms with Crippen LogP contribution in [0, 0.1) is 12.3 Å². The van der Waals surface area contributed by atoms with Gasteiger partial charge in [-0.25, -0.2) is 0 Å². The van der Waals surface area contributed by atoms with Gasteiger partial charge in [-0.05, 0) is 92.7 Å². The van der Waals surface area contributed by atoms with E-state index in [-0.39, 0.29) is 0 Å². The van der Waals surface area contributed by atoms with Crippen LogP contribution in [-0.2, 0) is 0 Å². The fourth-order valence-electron chi connectivity index (χ4n) is 5.74. The average molecular weight is 415 g/mol. The summed E-state index contributed by atoms with van der Waals surface area (Å²) in [6, 6.07) is 16.0. The summed E-state index contributed by atoms with van der Waals surface area (Å²) < 4.78 is 6.22. The monoisotopic (exact) mass is 414 g/mol. The number of rotatable bonds is 6. The third-order valence-corrected chi connectivity index (χ3v) is 7.39. The van der Waals surface area contributed by atoms with Gasteiger partial charge in [-0.3, -0.25) is 4.90 Å². The number of piperidine rings is 1. The highest BCUT2D eigenvalue weighted by atomic mass is 16.5. The second-order valence-corrected chi connectivity index (χ2v) is 9.37. The molecule has 0 spiro atoms. The van der Waals surface area contributed by atoms with E-state index in [1.165, 1.54) is 68.4 Å². The number of hydrogen-bond donors (Lipinski definition) is 0. The predicted molar refractivity (Wildman–Crippen MR) is 127 cm³/mol. The predicted octanol–water partition coefficient (Wildman–Crippen LogP) is 5.21. The number of hydrogen-bond acceptors (Lipinski definition) is 3. The molecule has 3 aliphatic heterocycles. The number of terminal acetylenes is 1. The molecule has 3 nitrogen and oxygen atoms in total. The van der Waals surface area contributed by atoms with Crippen molar-refractivity contribution in [1.82, 2.24) is 9.80 Å². The van der Waals surface area contributed by atoms with E-state index in [4.69, 9.17) is 11.2 Å². The van der Waals surface area contributed by atoms with E-state index in [0.717, 1.165) is 37.4 Å². The maximum Gasteiger partial charge on any atom is 0.119 e. The standard InChI is InChI=1S/C28H34N2O/c1-2-22-9-11-23(12-10-22)27-21-30-18-6-8-28(30)26-20-24(13-14-25(26)27)31-19-7-17-29-15-4-3-5-16-29/h1,9-14,20,27-28H,3-8,15-19,21H2/t27-,28-/m0/s1. The van der Waals surface area contributed by atoms with Crippen molar-refractivity contribution in [3.63, 3.8) is 0 Å². The third kappa shape index (κ3) is 4.52. The third-order valence-electron chi connectivity index (χ3n) is 7.39. The maximum atomic E-state index is 6.22. The van der Waals surface area contributed by atoms with Crippen molar-refractivity contribution >= 4 is 0 Å². The first-order chi connectivity index (χ1) is 15.3. The molecule has 2 atom stereocenters. The lowest BCUT2D eigenvalue weighted by molar-refractivity contribution is 0.204. The summed E-state index contributed by atoms with van der Waals surface area (Å²) >= 11 is 0. The number of ether oxygens (including phenoxy) is 1. The molecule has 0 aromatic heterocycles. The minimum Gasteiger partial charge on any atom is -0.494 e. The summed E-state index contributed by atoms with van der Waals surface area (Å²) in [6.45, 7) is 6.80. The Kier molecular flexibility index (Phi) is 6.30. The van der Waals surface area contributed by atoms with Crippen LogP contribution in [0.2, 0.25) is 0 Å². The topological polar surface area (TPSA) is 15.7 Å². The van der Waals surface area contributed by atoms with Gasteiger partial charge in [0, 0.05) is 30.6 Å². The minimum atomic E-state index is 0.407. The lowest BCUT2D eigenvalue weighted by Gasteiger charge is -2.37. The smallest absolute Gasteiger partial charge is 0.119 e. The Hall–Kier alpha value is -2.28. The highest BCUT2D eigenvalue weighted by Gasteiger charge is 2.36. The molecular weight excluding hydrogens is 380 g/mol. The fourth-order valence-corrected chi connectivity index (χ4v) is 5.74. The van der Waals surface area contributed by atoms with Crippen molar-refractivity contribution < 1.29 is 4.74 Å². The van der Waals surface area contributed by atoms with Gasteiger partial charge in [-0.2, -0.15) is 0 Å². The van der Waals surface area contributed by atoms with E-state index in [2.05, 4.69) is 58.2 Å². The average Bonchev–Trinajstić information content (AvgIpc) is 3.31. The van der Waals surface area contributed by atoms with Crippen LogP contribution < -0.4 is 4.74 Å². The Labute approximate surface area is 187 Å². The van der Waals surface area contributed by atoms with Crippen LogP contribution in [0.5, 0.6) is 5.75 Å². The molecule has 2 aromatic carbocycles. The van der Waals surface area contributed by atoms with Gasteiger partial charge in [0.1, 0.15) is 5.75 Å². The van der Waals surface area contributed by atoms with Crippen molar-refractivity contribution in [3.05, 3.63) is 64.7 Å². The van der Waals surface area contributed by atoms with Gasteiger partial charge >= 0.3 is 0 Å². The molecule has 31 heavy (non-hydrogen) atoms. The maximum absolute atomic E-state index is 6.22. The second kappa shape index (κ2) is 9.47. The zero-order valence-corrected chi connectivity index (χ0v) is 18.6. The van der Waals surface area contributed by atoms with Gasteiger partial charge in [-0.1, -0.05) is 30.5 Å². The summed E-state index contributed by atoms with van der Waals surface area (Å²) in [4.78, 5) is 5.26. The Balaban J connectivity index is 1.30. The van der Waals surface area contributed by atoms with Crippen LogP contribution >= 0.6 is 0 Å². The molecule has 2 saturated heterocycles. The lowest BCUT2D eigenvalue weighted by Crippen LogP contribution is -2.34. The van der Waals surface area contributed by atoms with Gasteiger partial charge in [0.05, 0.1) is 6.61 Å². The van der Waals surface area contributed by atoms with Gasteiger partial charge in [0.15, 0.2) is 0 Å². The van der Waals surface area contributed by atoms with Crippen molar-refractivity contribution in [2.75, 3.05) is 39.3 Å². The molecular formula is C28H34N2O. The molecule has 3 heteroatoms. The molecule has 3 heterocycles. The van der Waals surface area contributed by atoms with Crippen molar-refractivity contribution in [1.29, 1.82) is 0 Å². The number of benzene rings is 2. The number of nitrogens with zero attached hydrogens (tertiary/aromatic N) is 2. The van der Waals surface area contributed by atoms with Crippen LogP contribution in [-0.4, -0.2) is 49.1 Å². The summed E-state index contributed by atoms with van der Waals surface area (Å²) in [5, 5.41) is 0. The van der Waals surface area contributed by atoms with Crippen LogP contribution in [0.15, 0.2) is 42.5 Å². The van der Waals surface area contributed by atoms with Crippen molar-refractivity contribution in [2.45, 2.75) is 50.5 Å². The molecule has 162 valence electrons. The molecule has 0 unspecified atom stereocenters. The van der Waals surface area contributed by atoms with E-state index >= 15 is 0 Å². The first-order valence-corrected chi connectivity index (χ1v) is 12.1. The van der Waals surface area contributed by atoms with E-state index in [9.17, 15) is 0 Å². The highest BCUT2D eigenvalue weighted by Crippen LogP contribution is 2.45. The molecule has 0 saturated carbocycles. The molecule has 5 rings (SSSR count). The number of fused-ring (bicyclic) bond motifs is 3. The summed E-state index contributed by atoms with van der Waals surface area (Å²) in [7, 11) is 0. The molecule has 2 fully saturated rings. The first kappa shape index (κ1) is 20.6. The number of likely N-dealkylation sites (tertiary alicyclic amines) is 1. The Morgan fingerprint density at radius 2 is 1.77 bits per heavy atom. The normalized spacial score (nSPS) is 23.7. The molecule has 3 aliphatic rings. The summed E-state index contributed by atoms with van der Waals surface area (Å²) in [6.07, 6.45) is 13.3. The van der Waals surface area contributed by atoms with E-state index in [1.807, 2.05) is 0 Å². The largest absolute Gasteiger partial charge is 0.494 e. The Morgan fingerprint density at radius 1 is 0.935 bits per heavy atom. The zero-order chi connectivity index (χ0) is 21.0. The van der Waals surface area contributed by atoms with Crippen LogP contribution in [0.3, 0.4) is 0 Å². The Morgan fingerprint density at radius 3 is 2.58 bits per heavy atom. The van der Waals surface area contributed by atoms with Gasteiger partial charge in [0.2, 0.25) is 0 Å². The van der Waals surface area contributed by atoms with E-state index in [0.29, 0.717) is 12.0 Å². The van der Waals surface area contributed by atoms with Crippen molar-refractivity contribution in [3.8, 4) is 18.1 Å². The molecule has 0 N–H and O–H groups in total. The lowest BCUT2D eigenvalue weighted by atomic mass is 9.81. The zero-order valence-electron chi connectivity index (χ0n) is 18.6. The van der Waals surface area contributed by atoms with E-state index < -0.39 is 0 Å². The fraction of sp³-hybridized carbons (Fsp3) is 0.500. The second-order valence-electron chi connectivity index (χ2n) is 9.37. The Bertz CT molecular complexity index is 923. The van der Waals surface area contributed by atoms with Gasteiger partial charge in [-0.15, -0.1) is 6.42 Å².